The Labute approximate surface area is 164 Å². The summed E-state index contributed by atoms with van der Waals surface area (Å²) in [6, 6.07) is 15.4. The third-order valence-corrected chi connectivity index (χ3v) is 5.20. The summed E-state index contributed by atoms with van der Waals surface area (Å²) in [5.41, 5.74) is 2.06. The van der Waals surface area contributed by atoms with Gasteiger partial charge in [-0.1, -0.05) is 18.2 Å². The Morgan fingerprint density at radius 3 is 2.93 bits per heavy atom. The third-order valence-electron chi connectivity index (χ3n) is 5.20. The Hall–Kier alpha value is -3.02. The summed E-state index contributed by atoms with van der Waals surface area (Å²) in [7, 11) is 1.61. The number of nitrogens with one attached hydrogen (secondary N) is 1. The maximum Gasteiger partial charge on any atom is 0.260 e. The molecule has 0 bridgehead atoms. The van der Waals surface area contributed by atoms with Gasteiger partial charge >= 0.3 is 0 Å². The first kappa shape index (κ1) is 18.3. The van der Waals surface area contributed by atoms with Crippen molar-refractivity contribution >= 4 is 16.9 Å². The number of para-hydroxylation sites is 2. The highest BCUT2D eigenvalue weighted by Gasteiger charge is 2.25. The smallest absolute Gasteiger partial charge is 0.260 e. The van der Waals surface area contributed by atoms with E-state index in [1.807, 2.05) is 47.4 Å². The molecule has 4 rings (SSSR count). The second-order valence-electron chi connectivity index (χ2n) is 7.22. The lowest BCUT2D eigenvalue weighted by atomic mass is 9.94. The fourth-order valence-electron chi connectivity index (χ4n) is 3.76. The largest absolute Gasteiger partial charge is 0.497 e. The van der Waals surface area contributed by atoms with Crippen molar-refractivity contribution in [3.05, 3.63) is 54.4 Å². The van der Waals surface area contributed by atoms with Crippen LogP contribution in [0.5, 0.6) is 11.5 Å². The molecule has 1 aliphatic rings. The van der Waals surface area contributed by atoms with Crippen molar-refractivity contribution < 1.29 is 14.3 Å². The van der Waals surface area contributed by atoms with Crippen LogP contribution in [0.25, 0.3) is 11.0 Å². The van der Waals surface area contributed by atoms with E-state index in [9.17, 15) is 4.79 Å². The summed E-state index contributed by atoms with van der Waals surface area (Å²) in [5, 5.41) is 0. The Balaban J connectivity index is 1.33. The lowest BCUT2D eigenvalue weighted by molar-refractivity contribution is -0.135. The molecule has 28 heavy (non-hydrogen) atoms. The Morgan fingerprint density at radius 2 is 2.07 bits per heavy atom. The highest BCUT2D eigenvalue weighted by Crippen LogP contribution is 2.22. The van der Waals surface area contributed by atoms with Gasteiger partial charge in [0.15, 0.2) is 6.61 Å². The van der Waals surface area contributed by atoms with Gasteiger partial charge in [-0.05, 0) is 43.0 Å². The summed E-state index contributed by atoms with van der Waals surface area (Å²) < 4.78 is 10.9. The predicted octanol–water partition coefficient (Wildman–Crippen LogP) is 3.43. The zero-order valence-corrected chi connectivity index (χ0v) is 16.1. The second kappa shape index (κ2) is 8.33. The van der Waals surface area contributed by atoms with Crippen molar-refractivity contribution in [2.75, 3.05) is 26.8 Å². The molecule has 146 valence electrons. The normalized spacial score (nSPS) is 16.9. The molecule has 0 saturated carbocycles. The zero-order valence-electron chi connectivity index (χ0n) is 16.1. The minimum atomic E-state index is 0.0251. The fourth-order valence-corrected chi connectivity index (χ4v) is 3.76. The number of piperidine rings is 1. The van der Waals surface area contributed by atoms with Crippen LogP contribution in [0.3, 0.4) is 0 Å². The number of rotatable bonds is 6. The van der Waals surface area contributed by atoms with E-state index in [0.29, 0.717) is 17.4 Å². The molecular formula is C22H25N3O3. The standard InChI is InChI=1S/C22H25N3O3/c1-27-17-7-4-8-18(13-17)28-15-22(26)25-11-5-6-16(14-25)12-21-23-19-9-2-3-10-20(19)24-21/h2-4,7-10,13,16H,5-6,11-12,14-15H2,1H3,(H,23,24). The van der Waals surface area contributed by atoms with Crippen LogP contribution < -0.4 is 9.47 Å². The molecule has 1 unspecified atom stereocenters. The lowest BCUT2D eigenvalue weighted by Gasteiger charge is -2.32. The molecule has 1 aliphatic heterocycles. The maximum atomic E-state index is 12.6. The highest BCUT2D eigenvalue weighted by molar-refractivity contribution is 5.78. The van der Waals surface area contributed by atoms with Crippen molar-refractivity contribution in [1.82, 2.24) is 14.9 Å². The topological polar surface area (TPSA) is 67.5 Å². The number of aromatic nitrogens is 2. The van der Waals surface area contributed by atoms with Gasteiger partial charge in [0.2, 0.25) is 0 Å². The van der Waals surface area contributed by atoms with Gasteiger partial charge < -0.3 is 19.4 Å². The first-order valence-corrected chi connectivity index (χ1v) is 9.69. The van der Waals surface area contributed by atoms with Crippen LogP contribution in [0, 0.1) is 5.92 Å². The number of aromatic amines is 1. The number of hydrogen-bond donors (Lipinski definition) is 1. The molecule has 1 aromatic heterocycles. The van der Waals surface area contributed by atoms with E-state index in [1.165, 1.54) is 0 Å². The van der Waals surface area contributed by atoms with E-state index in [2.05, 4.69) is 9.97 Å². The van der Waals surface area contributed by atoms with E-state index < -0.39 is 0 Å². The molecule has 6 nitrogen and oxygen atoms in total. The van der Waals surface area contributed by atoms with Gasteiger partial charge in [-0.2, -0.15) is 0 Å². The molecule has 0 radical (unpaired) electrons. The van der Waals surface area contributed by atoms with Gasteiger partial charge in [0.1, 0.15) is 17.3 Å². The van der Waals surface area contributed by atoms with Crippen LogP contribution in [0.4, 0.5) is 0 Å². The first-order valence-electron chi connectivity index (χ1n) is 9.69. The summed E-state index contributed by atoms with van der Waals surface area (Å²) >= 11 is 0. The lowest BCUT2D eigenvalue weighted by Crippen LogP contribution is -2.42. The van der Waals surface area contributed by atoms with Crippen molar-refractivity contribution in [3.63, 3.8) is 0 Å². The Bertz CT molecular complexity index is 920. The zero-order chi connectivity index (χ0) is 19.3. The molecule has 2 heterocycles. The van der Waals surface area contributed by atoms with Crippen LogP contribution in [0.2, 0.25) is 0 Å². The van der Waals surface area contributed by atoms with Gasteiger partial charge in [-0.25, -0.2) is 4.98 Å². The number of carbonyl (C=O) groups excluding carboxylic acids is 1. The van der Waals surface area contributed by atoms with Gasteiger partial charge in [-0.3, -0.25) is 4.79 Å². The molecular weight excluding hydrogens is 354 g/mol. The highest BCUT2D eigenvalue weighted by atomic mass is 16.5. The van der Waals surface area contributed by atoms with Crippen molar-refractivity contribution in [2.24, 2.45) is 5.92 Å². The van der Waals surface area contributed by atoms with Gasteiger partial charge in [-0.15, -0.1) is 0 Å². The number of fused-ring (bicyclic) bond motifs is 1. The SMILES string of the molecule is COc1cccc(OCC(=O)N2CCCC(Cc3nc4ccccc4[nH]3)C2)c1. The van der Waals surface area contributed by atoms with Gasteiger partial charge in [0.25, 0.3) is 5.91 Å². The summed E-state index contributed by atoms with van der Waals surface area (Å²) in [6.45, 7) is 1.58. The fraction of sp³-hybridized carbons (Fsp3) is 0.364. The van der Waals surface area contributed by atoms with Gasteiger partial charge in [0.05, 0.1) is 18.1 Å². The van der Waals surface area contributed by atoms with E-state index in [0.717, 1.165) is 49.2 Å². The number of amides is 1. The summed E-state index contributed by atoms with van der Waals surface area (Å²) in [4.78, 5) is 22.6. The number of methoxy groups -OCH3 is 1. The average molecular weight is 379 g/mol. The number of hydrogen-bond acceptors (Lipinski definition) is 4. The van der Waals surface area contributed by atoms with Gasteiger partial charge in [0, 0.05) is 25.6 Å². The number of imidazole rings is 1. The quantitative estimate of drug-likeness (QED) is 0.712. The van der Waals surface area contributed by atoms with Crippen molar-refractivity contribution in [3.8, 4) is 11.5 Å². The van der Waals surface area contributed by atoms with E-state index >= 15 is 0 Å². The third kappa shape index (κ3) is 4.27. The number of nitrogens with zero attached hydrogens (tertiary/aromatic N) is 2. The second-order valence-corrected chi connectivity index (χ2v) is 7.22. The number of ether oxygens (including phenoxy) is 2. The van der Waals surface area contributed by atoms with Crippen LogP contribution >= 0.6 is 0 Å². The van der Waals surface area contributed by atoms with Crippen LogP contribution in [0.1, 0.15) is 18.7 Å². The minimum absolute atomic E-state index is 0.0251. The minimum Gasteiger partial charge on any atom is -0.497 e. The molecule has 2 aromatic carbocycles. The van der Waals surface area contributed by atoms with Crippen LogP contribution in [0.15, 0.2) is 48.5 Å². The molecule has 3 aromatic rings. The maximum absolute atomic E-state index is 12.6. The molecule has 6 heteroatoms. The Kier molecular flexibility index (Phi) is 5.46. The molecule has 1 saturated heterocycles. The molecule has 1 N–H and O–H groups in total. The number of carbonyl (C=O) groups is 1. The van der Waals surface area contributed by atoms with Crippen molar-refractivity contribution in [1.29, 1.82) is 0 Å². The Morgan fingerprint density at radius 1 is 1.21 bits per heavy atom. The molecule has 0 aliphatic carbocycles. The van der Waals surface area contributed by atoms with Crippen LogP contribution in [-0.2, 0) is 11.2 Å². The molecule has 0 spiro atoms. The monoisotopic (exact) mass is 379 g/mol. The number of benzene rings is 2. The predicted molar refractivity (Wildman–Crippen MR) is 108 cm³/mol. The average Bonchev–Trinajstić information content (AvgIpc) is 3.14. The summed E-state index contributed by atoms with van der Waals surface area (Å²) in [5.74, 6) is 2.79. The molecule has 1 atom stereocenters. The summed E-state index contributed by atoms with van der Waals surface area (Å²) in [6.07, 6.45) is 2.97. The number of H-pyrrole nitrogens is 1. The first-order chi connectivity index (χ1) is 13.7. The molecule has 1 fully saturated rings. The van der Waals surface area contributed by atoms with E-state index in [1.54, 1.807) is 13.2 Å². The van der Waals surface area contributed by atoms with Crippen LogP contribution in [-0.4, -0.2) is 47.6 Å². The number of likely N-dealkylation sites (tertiary alicyclic amines) is 1. The van der Waals surface area contributed by atoms with E-state index in [4.69, 9.17) is 9.47 Å². The van der Waals surface area contributed by atoms with E-state index in [-0.39, 0.29) is 12.5 Å². The van der Waals surface area contributed by atoms with Crippen molar-refractivity contribution in [2.45, 2.75) is 19.3 Å². The molecule has 1 amide bonds.